The van der Waals surface area contributed by atoms with Gasteiger partial charge in [0.15, 0.2) is 0 Å². The molecule has 0 aliphatic heterocycles. The molecule has 1 fully saturated rings. The van der Waals surface area contributed by atoms with Crippen molar-refractivity contribution in [2.24, 2.45) is 11.8 Å². The first-order valence-corrected chi connectivity index (χ1v) is 4.76. The Kier molecular flexibility index (Phi) is 2.29. The Morgan fingerprint density at radius 3 is 3.00 bits per heavy atom. The Bertz CT molecular complexity index is 321. The normalized spacial score (nSPS) is 27.2. The van der Waals surface area contributed by atoms with Gasteiger partial charge in [-0.1, -0.05) is 0 Å². The Hall–Kier alpha value is -1.29. The van der Waals surface area contributed by atoms with Gasteiger partial charge in [-0.2, -0.15) is 0 Å². The van der Waals surface area contributed by atoms with Crippen molar-refractivity contribution in [3.63, 3.8) is 0 Å². The third-order valence-electron chi connectivity index (χ3n) is 2.88. The van der Waals surface area contributed by atoms with E-state index in [0.29, 0.717) is 0 Å². The molecule has 1 aromatic heterocycles. The van der Waals surface area contributed by atoms with Gasteiger partial charge in [0, 0.05) is 18.4 Å². The smallest absolute Gasteiger partial charge is 0.306 e. The van der Waals surface area contributed by atoms with Crippen LogP contribution in [-0.4, -0.2) is 23.1 Å². The van der Waals surface area contributed by atoms with E-state index < -0.39 is 5.97 Å². The lowest BCUT2D eigenvalue weighted by Gasteiger charge is -2.13. The molecule has 0 saturated heterocycles. The second kappa shape index (κ2) is 3.46. The Balaban J connectivity index is 2.06. The Labute approximate surface area is 82.3 Å². The zero-order valence-electron chi connectivity index (χ0n) is 8.03. The molecule has 0 spiro atoms. The van der Waals surface area contributed by atoms with Crippen LogP contribution < -0.4 is 5.32 Å². The lowest BCUT2D eigenvalue weighted by atomic mass is 10.0. The predicted molar refractivity (Wildman–Crippen MR) is 51.8 cm³/mol. The van der Waals surface area contributed by atoms with Crippen molar-refractivity contribution >= 4 is 5.97 Å². The first-order chi connectivity index (χ1) is 6.74. The largest absolute Gasteiger partial charge is 0.481 e. The van der Waals surface area contributed by atoms with Crippen LogP contribution in [0.15, 0.2) is 18.5 Å². The Morgan fingerprint density at radius 1 is 1.79 bits per heavy atom. The molecule has 1 heterocycles. The molecule has 2 rings (SSSR count). The average molecular weight is 194 g/mol. The monoisotopic (exact) mass is 194 g/mol. The summed E-state index contributed by atoms with van der Waals surface area (Å²) in [4.78, 5) is 13.7. The minimum Gasteiger partial charge on any atom is -0.481 e. The van der Waals surface area contributed by atoms with Crippen molar-refractivity contribution in [3.05, 3.63) is 24.0 Å². The van der Waals surface area contributed by atoms with Crippen molar-refractivity contribution in [1.29, 1.82) is 0 Å². The van der Waals surface area contributed by atoms with E-state index in [0.717, 1.165) is 12.0 Å². The number of hydrogen-bond donors (Lipinski definition) is 3. The predicted octanol–water partition coefficient (Wildman–Crippen LogP) is 0.996. The van der Waals surface area contributed by atoms with Crippen molar-refractivity contribution in [2.75, 3.05) is 7.05 Å². The van der Waals surface area contributed by atoms with E-state index in [1.54, 1.807) is 0 Å². The quantitative estimate of drug-likeness (QED) is 0.669. The second-order valence-corrected chi connectivity index (χ2v) is 3.75. The van der Waals surface area contributed by atoms with Crippen molar-refractivity contribution < 1.29 is 9.90 Å². The van der Waals surface area contributed by atoms with Crippen LogP contribution in [0.3, 0.4) is 0 Å². The third-order valence-corrected chi connectivity index (χ3v) is 2.88. The maximum atomic E-state index is 10.7. The summed E-state index contributed by atoms with van der Waals surface area (Å²) in [6.45, 7) is 0. The molecular formula is C10H14N2O2. The highest BCUT2D eigenvalue weighted by atomic mass is 16.4. The van der Waals surface area contributed by atoms with E-state index in [1.165, 1.54) is 0 Å². The Morgan fingerprint density at radius 2 is 2.57 bits per heavy atom. The van der Waals surface area contributed by atoms with E-state index in [4.69, 9.17) is 5.11 Å². The number of aromatic nitrogens is 1. The molecule has 76 valence electrons. The van der Waals surface area contributed by atoms with Gasteiger partial charge >= 0.3 is 5.97 Å². The highest BCUT2D eigenvalue weighted by Gasteiger charge is 2.47. The van der Waals surface area contributed by atoms with Gasteiger partial charge in [-0.3, -0.25) is 4.79 Å². The molecule has 3 N–H and O–H groups in total. The summed E-state index contributed by atoms with van der Waals surface area (Å²) in [6, 6.07) is 2.15. The SMILES string of the molecule is CNC(c1cc[nH]c1)C1CC1C(=O)O. The molecule has 14 heavy (non-hydrogen) atoms. The minimum absolute atomic E-state index is 0.164. The zero-order chi connectivity index (χ0) is 10.1. The number of aromatic amines is 1. The first kappa shape index (κ1) is 9.27. The number of H-pyrrole nitrogens is 1. The minimum atomic E-state index is -0.675. The highest BCUT2D eigenvalue weighted by molar-refractivity contribution is 5.73. The molecule has 3 unspecified atom stereocenters. The molecule has 1 aromatic rings. The zero-order valence-corrected chi connectivity index (χ0v) is 8.03. The number of nitrogens with one attached hydrogen (secondary N) is 2. The molecule has 0 aromatic carbocycles. The number of hydrogen-bond acceptors (Lipinski definition) is 2. The summed E-state index contributed by atoms with van der Waals surface area (Å²) >= 11 is 0. The summed E-state index contributed by atoms with van der Waals surface area (Å²) < 4.78 is 0. The average Bonchev–Trinajstić information content (AvgIpc) is 2.75. The number of carboxylic acid groups (broad SMARTS) is 1. The summed E-state index contributed by atoms with van der Waals surface area (Å²) in [6.07, 6.45) is 4.56. The lowest BCUT2D eigenvalue weighted by Crippen LogP contribution is -2.19. The van der Waals surface area contributed by atoms with Crippen LogP contribution in [0.25, 0.3) is 0 Å². The van der Waals surface area contributed by atoms with Crippen LogP contribution >= 0.6 is 0 Å². The first-order valence-electron chi connectivity index (χ1n) is 4.76. The van der Waals surface area contributed by atoms with Gasteiger partial charge in [0.2, 0.25) is 0 Å². The molecule has 0 bridgehead atoms. The van der Waals surface area contributed by atoms with Crippen LogP contribution in [0.4, 0.5) is 0 Å². The van der Waals surface area contributed by atoms with Crippen LogP contribution in [0.1, 0.15) is 18.0 Å². The van der Waals surface area contributed by atoms with Gasteiger partial charge in [0.05, 0.1) is 5.92 Å². The van der Waals surface area contributed by atoms with Gasteiger partial charge in [-0.25, -0.2) is 0 Å². The van der Waals surface area contributed by atoms with Gasteiger partial charge in [-0.15, -0.1) is 0 Å². The standard InChI is InChI=1S/C10H14N2O2/c1-11-9(6-2-3-12-5-6)7-4-8(7)10(13)14/h2-3,5,7-9,11-12H,4H2,1H3,(H,13,14). The molecule has 0 amide bonds. The molecule has 1 aliphatic carbocycles. The summed E-state index contributed by atoms with van der Waals surface area (Å²) in [7, 11) is 1.87. The fraction of sp³-hybridized carbons (Fsp3) is 0.500. The molecule has 1 aliphatic rings. The van der Waals surface area contributed by atoms with Gasteiger partial charge in [0.1, 0.15) is 0 Å². The molecule has 1 saturated carbocycles. The fourth-order valence-corrected chi connectivity index (χ4v) is 2.03. The second-order valence-electron chi connectivity index (χ2n) is 3.75. The number of rotatable bonds is 4. The maximum Gasteiger partial charge on any atom is 0.306 e. The van der Waals surface area contributed by atoms with Crippen molar-refractivity contribution in [2.45, 2.75) is 12.5 Å². The molecule has 4 heteroatoms. The summed E-state index contributed by atoms with van der Waals surface area (Å²) in [5.41, 5.74) is 1.14. The lowest BCUT2D eigenvalue weighted by molar-refractivity contribution is -0.138. The molecule has 4 nitrogen and oxygen atoms in total. The summed E-state index contributed by atoms with van der Waals surface area (Å²) in [5, 5.41) is 12.0. The van der Waals surface area contributed by atoms with Crippen LogP contribution in [0, 0.1) is 11.8 Å². The van der Waals surface area contributed by atoms with Crippen molar-refractivity contribution in [3.8, 4) is 0 Å². The van der Waals surface area contributed by atoms with E-state index in [9.17, 15) is 4.79 Å². The maximum absolute atomic E-state index is 10.7. The topological polar surface area (TPSA) is 65.1 Å². The molecular weight excluding hydrogens is 180 g/mol. The van der Waals surface area contributed by atoms with Crippen LogP contribution in [0.5, 0.6) is 0 Å². The van der Waals surface area contributed by atoms with Crippen LogP contribution in [0.2, 0.25) is 0 Å². The van der Waals surface area contributed by atoms with E-state index in [-0.39, 0.29) is 17.9 Å². The van der Waals surface area contributed by atoms with E-state index in [1.807, 2.05) is 25.5 Å². The number of carbonyl (C=O) groups is 1. The van der Waals surface area contributed by atoms with Crippen LogP contribution in [-0.2, 0) is 4.79 Å². The fourth-order valence-electron chi connectivity index (χ4n) is 2.03. The number of carboxylic acids is 1. The highest BCUT2D eigenvalue weighted by Crippen LogP contribution is 2.47. The van der Waals surface area contributed by atoms with Crippen molar-refractivity contribution in [1.82, 2.24) is 10.3 Å². The number of aliphatic carboxylic acids is 1. The molecule has 3 atom stereocenters. The van der Waals surface area contributed by atoms with E-state index in [2.05, 4.69) is 10.3 Å². The van der Waals surface area contributed by atoms with E-state index >= 15 is 0 Å². The third kappa shape index (κ3) is 1.53. The molecule has 0 radical (unpaired) electrons. The van der Waals surface area contributed by atoms with Gasteiger partial charge in [-0.05, 0) is 31.0 Å². The van der Waals surface area contributed by atoms with Gasteiger partial charge in [0.25, 0.3) is 0 Å². The van der Waals surface area contributed by atoms with Gasteiger partial charge < -0.3 is 15.4 Å². The summed E-state index contributed by atoms with van der Waals surface area (Å²) in [5.74, 6) is -0.596.